The Morgan fingerprint density at radius 1 is 1.19 bits per heavy atom. The van der Waals surface area contributed by atoms with Crippen LogP contribution in [0.5, 0.6) is 0 Å². The number of methoxy groups -OCH3 is 1. The van der Waals surface area contributed by atoms with E-state index in [1.807, 2.05) is 30.3 Å². The van der Waals surface area contributed by atoms with Gasteiger partial charge in [0.2, 0.25) is 5.91 Å². The van der Waals surface area contributed by atoms with E-state index in [2.05, 4.69) is 5.32 Å². The molecule has 0 saturated heterocycles. The number of carbonyl (C=O) groups is 2. The van der Waals surface area contributed by atoms with Crippen LogP contribution in [-0.2, 0) is 30.9 Å². The van der Waals surface area contributed by atoms with Gasteiger partial charge in [0.15, 0.2) is 5.78 Å². The molecular formula is C18H27NO6S. The smallest absolute Gasteiger partial charge is 0.266 e. The molecule has 0 fully saturated rings. The fourth-order valence-corrected chi connectivity index (χ4v) is 3.10. The van der Waals surface area contributed by atoms with Gasteiger partial charge in [-0.1, -0.05) is 30.3 Å². The Morgan fingerprint density at radius 2 is 1.85 bits per heavy atom. The Bertz CT molecular complexity index is 689. The maximum atomic E-state index is 12.2. The summed E-state index contributed by atoms with van der Waals surface area (Å²) in [7, 11) is -2.56. The van der Waals surface area contributed by atoms with E-state index < -0.39 is 21.5 Å². The number of amides is 1. The predicted molar refractivity (Wildman–Crippen MR) is 98.5 cm³/mol. The minimum absolute atomic E-state index is 0.0542. The van der Waals surface area contributed by atoms with E-state index in [1.54, 1.807) is 0 Å². The van der Waals surface area contributed by atoms with Gasteiger partial charge in [-0.05, 0) is 31.7 Å². The highest BCUT2D eigenvalue weighted by Gasteiger charge is 2.34. The second-order valence-corrected chi connectivity index (χ2v) is 7.83. The van der Waals surface area contributed by atoms with Crippen molar-refractivity contribution in [2.45, 2.75) is 44.6 Å². The van der Waals surface area contributed by atoms with Gasteiger partial charge in [-0.15, -0.1) is 0 Å². The lowest BCUT2D eigenvalue weighted by molar-refractivity contribution is -0.139. The van der Waals surface area contributed by atoms with Crippen LogP contribution in [0.25, 0.3) is 0 Å². The van der Waals surface area contributed by atoms with Crippen molar-refractivity contribution < 1.29 is 27.3 Å². The topological polar surface area (TPSA) is 110 Å². The molecule has 0 saturated carbocycles. The van der Waals surface area contributed by atoms with Crippen LogP contribution in [0.2, 0.25) is 0 Å². The van der Waals surface area contributed by atoms with Crippen LogP contribution in [0.15, 0.2) is 30.3 Å². The third-order valence-corrected chi connectivity index (χ3v) is 5.00. The van der Waals surface area contributed by atoms with Gasteiger partial charge in [-0.25, -0.2) is 0 Å². The number of Topliss-reactive ketones (excluding diaryl/α,β-unsaturated/α-hetero) is 1. The predicted octanol–water partition coefficient (Wildman–Crippen LogP) is 1.77. The summed E-state index contributed by atoms with van der Waals surface area (Å²) < 4.78 is 35.4. The van der Waals surface area contributed by atoms with Crippen LogP contribution < -0.4 is 5.32 Å². The molecule has 146 valence electrons. The molecule has 0 aromatic heterocycles. The molecule has 26 heavy (non-hydrogen) atoms. The number of benzene rings is 1. The average Bonchev–Trinajstić information content (AvgIpc) is 2.57. The number of nitrogens with one attached hydrogen (secondary N) is 1. The van der Waals surface area contributed by atoms with Crippen molar-refractivity contribution >= 4 is 21.8 Å². The van der Waals surface area contributed by atoms with Gasteiger partial charge < -0.3 is 10.1 Å². The first-order valence-electron chi connectivity index (χ1n) is 8.50. The van der Waals surface area contributed by atoms with E-state index in [0.717, 1.165) is 5.56 Å². The van der Waals surface area contributed by atoms with Crippen LogP contribution in [-0.4, -0.2) is 49.7 Å². The fourth-order valence-electron chi connectivity index (χ4n) is 2.74. The molecule has 0 aliphatic heterocycles. The summed E-state index contributed by atoms with van der Waals surface area (Å²) in [5.41, 5.74) is 0.0931. The summed E-state index contributed by atoms with van der Waals surface area (Å²) in [6, 6.07) is 9.62. The summed E-state index contributed by atoms with van der Waals surface area (Å²) in [5.74, 6) is -0.851. The van der Waals surface area contributed by atoms with Crippen molar-refractivity contribution in [2.24, 2.45) is 0 Å². The first-order valence-corrected chi connectivity index (χ1v) is 10.1. The fraction of sp³-hybridized carbons (Fsp3) is 0.556. The molecule has 7 nitrogen and oxygen atoms in total. The largest absolute Gasteiger partial charge is 0.370 e. The standard InChI is InChI=1S/C18H27NO6S/c1-15(20)18(25-2,14-16-8-4-3-5-9-16)11-7-6-10-17(21)19-12-13-26(22,23)24/h3-5,8-9H,6-7,10-14H2,1-2H3,(H,19,21)(H,22,23,24). The minimum atomic E-state index is -4.08. The number of rotatable bonds is 12. The quantitative estimate of drug-likeness (QED) is 0.419. The highest BCUT2D eigenvalue weighted by atomic mass is 32.2. The van der Waals surface area contributed by atoms with Crippen LogP contribution in [0.4, 0.5) is 0 Å². The lowest BCUT2D eigenvalue weighted by Crippen LogP contribution is -2.41. The molecule has 1 unspecified atom stereocenters. The molecule has 1 aromatic carbocycles. The molecule has 1 amide bonds. The summed E-state index contributed by atoms with van der Waals surface area (Å²) >= 11 is 0. The Kier molecular flexibility index (Phi) is 8.91. The third kappa shape index (κ3) is 8.07. The number of carbonyl (C=O) groups excluding carboxylic acids is 2. The molecule has 0 bridgehead atoms. The van der Waals surface area contributed by atoms with Crippen LogP contribution in [0.1, 0.15) is 38.2 Å². The molecule has 0 spiro atoms. The second kappa shape index (κ2) is 10.4. The van der Waals surface area contributed by atoms with Gasteiger partial charge in [0.05, 0.1) is 5.75 Å². The highest BCUT2D eigenvalue weighted by Crippen LogP contribution is 2.25. The van der Waals surface area contributed by atoms with E-state index in [9.17, 15) is 18.0 Å². The Hall–Kier alpha value is -1.77. The SMILES string of the molecule is COC(CCCCC(=O)NCCS(=O)(=O)O)(Cc1ccccc1)C(C)=O. The van der Waals surface area contributed by atoms with Crippen LogP contribution in [0.3, 0.4) is 0 Å². The number of ether oxygens (including phenoxy) is 1. The molecule has 0 aliphatic carbocycles. The van der Waals surface area contributed by atoms with E-state index in [4.69, 9.17) is 9.29 Å². The summed E-state index contributed by atoms with van der Waals surface area (Å²) in [5, 5.41) is 2.44. The van der Waals surface area contributed by atoms with Gasteiger partial charge in [-0.3, -0.25) is 14.1 Å². The van der Waals surface area contributed by atoms with Gasteiger partial charge in [0.1, 0.15) is 5.60 Å². The third-order valence-electron chi connectivity index (χ3n) is 4.28. The minimum Gasteiger partial charge on any atom is -0.370 e. The van der Waals surface area contributed by atoms with Gasteiger partial charge in [-0.2, -0.15) is 8.42 Å². The molecule has 1 rings (SSSR count). The number of hydrogen-bond acceptors (Lipinski definition) is 5. The lowest BCUT2D eigenvalue weighted by atomic mass is 9.85. The number of unbranched alkanes of at least 4 members (excludes halogenated alkanes) is 1. The number of hydrogen-bond donors (Lipinski definition) is 2. The van der Waals surface area contributed by atoms with Crippen LogP contribution in [0, 0.1) is 0 Å². The van der Waals surface area contributed by atoms with Crippen molar-refractivity contribution in [1.29, 1.82) is 0 Å². The zero-order valence-electron chi connectivity index (χ0n) is 15.2. The maximum Gasteiger partial charge on any atom is 0.266 e. The molecule has 0 radical (unpaired) electrons. The normalized spacial score (nSPS) is 13.8. The first kappa shape index (κ1) is 22.3. The van der Waals surface area contributed by atoms with Crippen molar-refractivity contribution in [2.75, 3.05) is 19.4 Å². The molecule has 1 atom stereocenters. The van der Waals surface area contributed by atoms with Crippen LogP contribution >= 0.6 is 0 Å². The Morgan fingerprint density at radius 3 is 2.38 bits per heavy atom. The van der Waals surface area contributed by atoms with E-state index in [-0.39, 0.29) is 24.7 Å². The second-order valence-electron chi connectivity index (χ2n) is 6.26. The van der Waals surface area contributed by atoms with Crippen molar-refractivity contribution in [3.05, 3.63) is 35.9 Å². The average molecular weight is 385 g/mol. The first-order chi connectivity index (χ1) is 12.2. The molecule has 0 aliphatic rings. The van der Waals surface area contributed by atoms with Crippen molar-refractivity contribution in [1.82, 2.24) is 5.32 Å². The molecule has 8 heteroatoms. The lowest BCUT2D eigenvalue weighted by Gasteiger charge is -2.30. The van der Waals surface area contributed by atoms with E-state index >= 15 is 0 Å². The molecule has 2 N–H and O–H groups in total. The van der Waals surface area contributed by atoms with Crippen molar-refractivity contribution in [3.8, 4) is 0 Å². The molecule has 0 heterocycles. The Labute approximate surface area is 154 Å². The number of ketones is 1. The van der Waals surface area contributed by atoms with Gasteiger partial charge in [0.25, 0.3) is 10.1 Å². The van der Waals surface area contributed by atoms with E-state index in [1.165, 1.54) is 14.0 Å². The van der Waals surface area contributed by atoms with Crippen molar-refractivity contribution in [3.63, 3.8) is 0 Å². The summed E-state index contributed by atoms with van der Waals surface area (Å²) in [4.78, 5) is 23.8. The zero-order valence-corrected chi connectivity index (χ0v) is 16.0. The molecular weight excluding hydrogens is 358 g/mol. The highest BCUT2D eigenvalue weighted by molar-refractivity contribution is 7.85. The van der Waals surface area contributed by atoms with Gasteiger partial charge >= 0.3 is 0 Å². The van der Waals surface area contributed by atoms with E-state index in [0.29, 0.717) is 25.7 Å². The zero-order chi connectivity index (χ0) is 19.6. The summed E-state index contributed by atoms with van der Waals surface area (Å²) in [6.45, 7) is 1.38. The van der Waals surface area contributed by atoms with Gasteiger partial charge in [0, 0.05) is 26.5 Å². The monoisotopic (exact) mass is 385 g/mol. The maximum absolute atomic E-state index is 12.2. The molecule has 1 aromatic rings. The summed E-state index contributed by atoms with van der Waals surface area (Å²) in [6.07, 6.45) is 2.34. The Balaban J connectivity index is 2.47.